The Morgan fingerprint density at radius 3 is 1.47 bits per heavy atom. The maximum absolute atomic E-state index is 11.9. The van der Waals surface area contributed by atoms with Gasteiger partial charge in [0.2, 0.25) is 6.41 Å². The van der Waals surface area contributed by atoms with E-state index in [1.54, 1.807) is 0 Å². The SMILES string of the molecule is O=CN(S(=O)(=O)F)S(=O)(=O)C(F)(F)F.[LiH]. The molecule has 0 radical (unpaired) electrons. The van der Waals surface area contributed by atoms with Gasteiger partial charge in [-0.25, -0.2) is 0 Å². The van der Waals surface area contributed by atoms with Crippen LogP contribution in [0.2, 0.25) is 0 Å². The zero-order valence-corrected chi connectivity index (χ0v) is 7.53. The van der Waals surface area contributed by atoms with Crippen molar-refractivity contribution < 1.29 is 38.7 Å². The van der Waals surface area contributed by atoms with E-state index in [4.69, 9.17) is 0 Å². The molecule has 0 aliphatic rings. The van der Waals surface area contributed by atoms with Gasteiger partial charge >= 0.3 is 44.8 Å². The van der Waals surface area contributed by atoms with E-state index >= 15 is 0 Å². The number of halogens is 4. The molecule has 0 aliphatic heterocycles. The van der Waals surface area contributed by atoms with Crippen LogP contribution in [0.15, 0.2) is 0 Å². The van der Waals surface area contributed by atoms with Gasteiger partial charge < -0.3 is 0 Å². The Morgan fingerprint density at radius 2 is 1.40 bits per heavy atom. The maximum atomic E-state index is 11.9. The molecular weight excluding hydrogens is 265 g/mol. The van der Waals surface area contributed by atoms with Crippen LogP contribution in [-0.2, 0) is 25.2 Å². The summed E-state index contributed by atoms with van der Waals surface area (Å²) in [5.41, 5.74) is -6.08. The Morgan fingerprint density at radius 1 is 1.07 bits per heavy atom. The summed E-state index contributed by atoms with van der Waals surface area (Å²) in [6.45, 7) is 0. The molecule has 0 atom stereocenters. The quantitative estimate of drug-likeness (QED) is 0.279. The summed E-state index contributed by atoms with van der Waals surface area (Å²) < 4.78 is 84.6. The van der Waals surface area contributed by atoms with Crippen LogP contribution in [0.4, 0.5) is 17.1 Å². The predicted octanol–water partition coefficient (Wildman–Crippen LogP) is -1.14. The van der Waals surface area contributed by atoms with Crippen LogP contribution >= 0.6 is 0 Å². The van der Waals surface area contributed by atoms with Crippen molar-refractivity contribution in [1.29, 1.82) is 0 Å². The first-order chi connectivity index (χ1) is 5.94. The molecule has 0 aromatic heterocycles. The van der Waals surface area contributed by atoms with Crippen molar-refractivity contribution in [3.8, 4) is 0 Å². The standard InChI is InChI=1S/C2HF4NO5S2.Li.H/c3-2(4,5)13(9,10)7(1-8)14(6,11)12;;/h1H;;. The number of alkyl halides is 3. The van der Waals surface area contributed by atoms with Crippen LogP contribution in [0.5, 0.6) is 0 Å². The molecule has 0 rings (SSSR count). The fourth-order valence-electron chi connectivity index (χ4n) is 0.327. The molecule has 0 fully saturated rings. The molecule has 0 heterocycles. The van der Waals surface area contributed by atoms with Crippen LogP contribution in [-0.4, -0.2) is 51.3 Å². The third-order valence-corrected chi connectivity index (χ3v) is 3.61. The molecule has 6 nitrogen and oxygen atoms in total. The number of nitrogens with zero attached hydrogens (tertiary/aromatic N) is 1. The third-order valence-electron chi connectivity index (χ3n) is 0.830. The number of amides is 1. The number of carbonyl (C=O) groups is 1. The monoisotopic (exact) mass is 267 g/mol. The van der Waals surface area contributed by atoms with Gasteiger partial charge in [-0.2, -0.15) is 30.0 Å². The number of carbonyl (C=O) groups excluding carboxylic acids is 1. The molecule has 0 spiro atoms. The molecule has 0 bridgehead atoms. The Labute approximate surface area is 93.8 Å². The van der Waals surface area contributed by atoms with Gasteiger partial charge in [-0.05, 0) is 0 Å². The van der Waals surface area contributed by atoms with E-state index in [9.17, 15) is 38.7 Å². The molecule has 0 aromatic carbocycles. The Kier molecular flexibility index (Phi) is 5.34. The Hall–Kier alpha value is -0.313. The minimum absolute atomic E-state index is 0. The normalized spacial score (nSPS) is 12.8. The summed E-state index contributed by atoms with van der Waals surface area (Å²) in [5.74, 6) is 0. The van der Waals surface area contributed by atoms with Crippen LogP contribution in [0.1, 0.15) is 0 Å². The van der Waals surface area contributed by atoms with Crippen molar-refractivity contribution in [3.63, 3.8) is 0 Å². The van der Waals surface area contributed by atoms with Crippen LogP contribution < -0.4 is 0 Å². The summed E-state index contributed by atoms with van der Waals surface area (Å²) in [4.78, 5) is 9.67. The molecule has 0 saturated carbocycles. The van der Waals surface area contributed by atoms with Gasteiger partial charge in [0.25, 0.3) is 0 Å². The number of hydrogen-bond acceptors (Lipinski definition) is 5. The number of rotatable bonds is 3. The topological polar surface area (TPSA) is 88.6 Å². The molecule has 86 valence electrons. The first kappa shape index (κ1) is 17.1. The fraction of sp³-hybridized carbons (Fsp3) is 0.500. The van der Waals surface area contributed by atoms with E-state index in [0.717, 1.165) is 0 Å². The summed E-state index contributed by atoms with van der Waals surface area (Å²) >= 11 is 0. The van der Waals surface area contributed by atoms with Gasteiger partial charge in [-0.15, -0.1) is 0 Å². The van der Waals surface area contributed by atoms with Crippen molar-refractivity contribution in [2.45, 2.75) is 5.51 Å². The number of hydrogen-bond donors (Lipinski definition) is 0. The van der Waals surface area contributed by atoms with Gasteiger partial charge in [-0.3, -0.25) is 4.79 Å². The molecular formula is C2H2F4LiNO5S2. The van der Waals surface area contributed by atoms with E-state index in [1.807, 2.05) is 0 Å². The first-order valence-corrected chi connectivity index (χ1v) is 5.23. The first-order valence-electron chi connectivity index (χ1n) is 2.45. The Balaban J connectivity index is 0. The van der Waals surface area contributed by atoms with E-state index in [2.05, 4.69) is 0 Å². The minimum atomic E-state index is -6.54. The summed E-state index contributed by atoms with van der Waals surface area (Å²) in [7, 11) is -12.8. The second kappa shape index (κ2) is 4.68. The van der Waals surface area contributed by atoms with E-state index in [0.29, 0.717) is 0 Å². The van der Waals surface area contributed by atoms with Gasteiger partial charge in [-0.1, -0.05) is 7.60 Å². The van der Waals surface area contributed by atoms with Crippen molar-refractivity contribution in [2.24, 2.45) is 0 Å². The van der Waals surface area contributed by atoms with E-state index < -0.39 is 36.1 Å². The molecule has 13 heteroatoms. The summed E-state index contributed by atoms with van der Waals surface area (Å²) in [6.07, 6.45) is -1.31. The molecule has 0 saturated heterocycles. The van der Waals surface area contributed by atoms with Crippen molar-refractivity contribution >= 4 is 45.7 Å². The van der Waals surface area contributed by atoms with Crippen LogP contribution in [0, 0.1) is 0 Å². The average Bonchev–Trinajstić information content (AvgIpc) is 1.80. The third kappa shape index (κ3) is 3.63. The Bertz CT molecular complexity index is 424. The molecule has 1 amide bonds. The fourth-order valence-corrected chi connectivity index (χ4v) is 1.94. The zero-order valence-electron chi connectivity index (χ0n) is 5.89. The molecule has 15 heavy (non-hydrogen) atoms. The van der Waals surface area contributed by atoms with E-state index in [-0.39, 0.29) is 18.9 Å². The molecule has 0 unspecified atom stereocenters. The number of sulfonamides is 1. The van der Waals surface area contributed by atoms with Crippen LogP contribution in [0.3, 0.4) is 0 Å². The van der Waals surface area contributed by atoms with Gasteiger partial charge in [0, 0.05) is 0 Å². The second-order valence-electron chi connectivity index (χ2n) is 1.72. The predicted molar refractivity (Wildman–Crippen MR) is 40.1 cm³/mol. The summed E-state index contributed by atoms with van der Waals surface area (Å²) in [6, 6.07) is 0. The van der Waals surface area contributed by atoms with Crippen molar-refractivity contribution in [3.05, 3.63) is 0 Å². The van der Waals surface area contributed by atoms with Gasteiger partial charge in [0.1, 0.15) is 0 Å². The second-order valence-corrected chi connectivity index (χ2v) is 4.98. The van der Waals surface area contributed by atoms with E-state index in [1.165, 1.54) is 0 Å². The zero-order chi connectivity index (χ0) is 11.8. The average molecular weight is 267 g/mol. The molecule has 0 aromatic rings. The van der Waals surface area contributed by atoms with Crippen LogP contribution in [0.25, 0.3) is 0 Å². The van der Waals surface area contributed by atoms with Crippen molar-refractivity contribution in [1.82, 2.24) is 3.71 Å². The molecule has 0 N–H and O–H groups in total. The molecule has 0 aliphatic carbocycles. The van der Waals surface area contributed by atoms with Crippen molar-refractivity contribution in [2.75, 3.05) is 0 Å². The van der Waals surface area contributed by atoms with Gasteiger partial charge in [0.15, 0.2) is 0 Å². The van der Waals surface area contributed by atoms with Gasteiger partial charge in [0.05, 0.1) is 0 Å². The summed E-state index contributed by atoms with van der Waals surface area (Å²) in [5, 5.41) is 0.